The summed E-state index contributed by atoms with van der Waals surface area (Å²) < 4.78 is 0. The van der Waals surface area contributed by atoms with Crippen LogP contribution in [-0.4, -0.2) is 10.7 Å². The quantitative estimate of drug-likeness (QED) is 0.779. The van der Waals surface area contributed by atoms with Gasteiger partial charge in [-0.05, 0) is 42.0 Å². The molecule has 0 bridgehead atoms. The van der Waals surface area contributed by atoms with Crippen molar-refractivity contribution in [1.29, 1.82) is 0 Å². The molecule has 0 amide bonds. The van der Waals surface area contributed by atoms with Gasteiger partial charge < -0.3 is 5.11 Å². The Balaban J connectivity index is 2.47. The molecule has 0 saturated heterocycles. The zero-order valence-electron chi connectivity index (χ0n) is 12.6. The third-order valence-corrected chi connectivity index (χ3v) is 4.17. The van der Waals surface area contributed by atoms with E-state index in [2.05, 4.69) is 58.9 Å². The minimum Gasteiger partial charge on any atom is -0.385 e. The number of aliphatic hydroxyl groups is 1. The van der Waals surface area contributed by atoms with Crippen LogP contribution < -0.4 is 0 Å². The number of rotatable bonds is 1. The Morgan fingerprint density at radius 3 is 2.11 bits per heavy atom. The van der Waals surface area contributed by atoms with Gasteiger partial charge in [-0.15, -0.1) is 0 Å². The predicted octanol–water partition coefficient (Wildman–Crippen LogP) is 4.59. The van der Waals surface area contributed by atoms with Gasteiger partial charge in [0.25, 0.3) is 0 Å². The fourth-order valence-electron chi connectivity index (χ4n) is 2.87. The maximum atomic E-state index is 10.9. The third-order valence-electron chi connectivity index (χ3n) is 4.17. The second-order valence-corrected chi connectivity index (χ2v) is 6.70. The molecule has 1 atom stereocenters. The van der Waals surface area contributed by atoms with Gasteiger partial charge in [0.15, 0.2) is 0 Å². The monoisotopic (exact) mass is 256 g/mol. The lowest BCUT2D eigenvalue weighted by atomic mass is 9.68. The van der Waals surface area contributed by atoms with Gasteiger partial charge >= 0.3 is 0 Å². The summed E-state index contributed by atoms with van der Waals surface area (Å²) in [6, 6.07) is 10.4. The van der Waals surface area contributed by atoms with Crippen LogP contribution in [0.1, 0.15) is 46.6 Å². The van der Waals surface area contributed by atoms with Crippen molar-refractivity contribution in [2.45, 2.75) is 46.6 Å². The Labute approximate surface area is 116 Å². The lowest BCUT2D eigenvalue weighted by Crippen LogP contribution is -2.42. The Bertz CT molecular complexity index is 529. The number of benzene rings is 1. The number of hydrogen-bond donors (Lipinski definition) is 1. The highest BCUT2D eigenvalue weighted by atomic mass is 16.3. The molecule has 1 aromatic carbocycles. The smallest absolute Gasteiger partial charge is 0.0918 e. The summed E-state index contributed by atoms with van der Waals surface area (Å²) >= 11 is 0. The average Bonchev–Trinajstić information content (AvgIpc) is 2.27. The number of allylic oxidation sites excluding steroid dienone is 2. The first kappa shape index (κ1) is 14.1. The van der Waals surface area contributed by atoms with E-state index in [1.165, 1.54) is 22.3 Å². The summed E-state index contributed by atoms with van der Waals surface area (Å²) in [5, 5.41) is 10.9. The average molecular weight is 256 g/mol. The molecule has 0 aromatic heterocycles. The van der Waals surface area contributed by atoms with E-state index in [0.717, 1.165) is 0 Å². The molecule has 1 aliphatic carbocycles. The van der Waals surface area contributed by atoms with Gasteiger partial charge in [-0.3, -0.25) is 0 Å². The van der Waals surface area contributed by atoms with E-state index in [9.17, 15) is 5.11 Å². The third kappa shape index (κ3) is 2.52. The second-order valence-electron chi connectivity index (χ2n) is 6.70. The summed E-state index contributed by atoms with van der Waals surface area (Å²) in [6.07, 6.45) is 2.75. The Hall–Kier alpha value is -1.34. The van der Waals surface area contributed by atoms with Crippen molar-refractivity contribution in [3.8, 4) is 0 Å². The van der Waals surface area contributed by atoms with Crippen LogP contribution in [0, 0.1) is 5.41 Å². The van der Waals surface area contributed by atoms with Gasteiger partial charge in [-0.1, -0.05) is 56.7 Å². The molecule has 1 aromatic rings. The standard InChI is InChI=1S/C18H24O/c1-13-11-18(19,17(3,4)5)12-14(2)16(13)15-9-7-6-8-10-15/h6-11,19H,12H2,1-5H3. The summed E-state index contributed by atoms with van der Waals surface area (Å²) in [6.45, 7) is 10.5. The molecule has 0 heterocycles. The van der Waals surface area contributed by atoms with E-state index in [1.807, 2.05) is 12.1 Å². The first-order chi connectivity index (χ1) is 8.74. The molecule has 102 valence electrons. The molecule has 2 rings (SSSR count). The minimum atomic E-state index is -0.751. The van der Waals surface area contributed by atoms with Crippen molar-refractivity contribution in [3.63, 3.8) is 0 Å². The first-order valence-corrected chi connectivity index (χ1v) is 6.92. The van der Waals surface area contributed by atoms with Crippen molar-refractivity contribution in [3.05, 3.63) is 53.1 Å². The van der Waals surface area contributed by atoms with Crippen LogP contribution in [0.4, 0.5) is 0 Å². The molecular weight excluding hydrogens is 232 g/mol. The summed E-state index contributed by atoms with van der Waals surface area (Å²) in [5.41, 5.74) is 4.06. The van der Waals surface area contributed by atoms with Crippen molar-refractivity contribution < 1.29 is 5.11 Å². The van der Waals surface area contributed by atoms with E-state index in [4.69, 9.17) is 0 Å². The molecule has 0 radical (unpaired) electrons. The van der Waals surface area contributed by atoms with E-state index >= 15 is 0 Å². The molecule has 1 nitrogen and oxygen atoms in total. The Morgan fingerprint density at radius 1 is 1.05 bits per heavy atom. The fraction of sp³-hybridized carbons (Fsp3) is 0.444. The van der Waals surface area contributed by atoms with Crippen molar-refractivity contribution in [2.75, 3.05) is 0 Å². The van der Waals surface area contributed by atoms with Gasteiger partial charge in [0.1, 0.15) is 0 Å². The molecule has 1 heteroatoms. The molecule has 0 aliphatic heterocycles. The van der Waals surface area contributed by atoms with Crippen LogP contribution in [0.2, 0.25) is 0 Å². The van der Waals surface area contributed by atoms with E-state index in [1.54, 1.807) is 0 Å². The normalized spacial score (nSPS) is 24.4. The minimum absolute atomic E-state index is 0.155. The zero-order chi connectivity index (χ0) is 14.3. The van der Waals surface area contributed by atoms with Crippen LogP contribution in [0.25, 0.3) is 5.57 Å². The molecule has 0 spiro atoms. The molecule has 1 unspecified atom stereocenters. The highest BCUT2D eigenvalue weighted by molar-refractivity contribution is 5.82. The lowest BCUT2D eigenvalue weighted by molar-refractivity contribution is -0.0144. The topological polar surface area (TPSA) is 20.2 Å². The van der Waals surface area contributed by atoms with Crippen LogP contribution >= 0.6 is 0 Å². The predicted molar refractivity (Wildman–Crippen MR) is 81.8 cm³/mol. The fourth-order valence-corrected chi connectivity index (χ4v) is 2.87. The van der Waals surface area contributed by atoms with Crippen LogP contribution in [-0.2, 0) is 0 Å². The van der Waals surface area contributed by atoms with Crippen LogP contribution in [0.3, 0.4) is 0 Å². The van der Waals surface area contributed by atoms with E-state index in [0.29, 0.717) is 6.42 Å². The Morgan fingerprint density at radius 2 is 1.63 bits per heavy atom. The van der Waals surface area contributed by atoms with Gasteiger partial charge in [0.05, 0.1) is 5.60 Å². The number of hydrogen-bond acceptors (Lipinski definition) is 1. The van der Waals surface area contributed by atoms with Gasteiger partial charge in [-0.25, -0.2) is 0 Å². The molecule has 1 aliphatic rings. The lowest BCUT2D eigenvalue weighted by Gasteiger charge is -2.42. The van der Waals surface area contributed by atoms with Crippen LogP contribution in [0.5, 0.6) is 0 Å². The van der Waals surface area contributed by atoms with Gasteiger partial charge in [0.2, 0.25) is 0 Å². The van der Waals surface area contributed by atoms with E-state index < -0.39 is 5.60 Å². The van der Waals surface area contributed by atoms with Gasteiger partial charge in [0, 0.05) is 6.42 Å². The first-order valence-electron chi connectivity index (χ1n) is 6.92. The highest BCUT2D eigenvalue weighted by Crippen LogP contribution is 2.44. The molecule has 0 fully saturated rings. The van der Waals surface area contributed by atoms with Gasteiger partial charge in [-0.2, -0.15) is 0 Å². The Kier molecular flexibility index (Phi) is 3.44. The van der Waals surface area contributed by atoms with Crippen molar-refractivity contribution >= 4 is 5.57 Å². The molecular formula is C18H24O. The zero-order valence-corrected chi connectivity index (χ0v) is 12.6. The molecule has 0 saturated carbocycles. The largest absolute Gasteiger partial charge is 0.385 e. The van der Waals surface area contributed by atoms with Crippen LogP contribution in [0.15, 0.2) is 47.6 Å². The summed E-state index contributed by atoms with van der Waals surface area (Å²) in [7, 11) is 0. The summed E-state index contributed by atoms with van der Waals surface area (Å²) in [5.74, 6) is 0. The van der Waals surface area contributed by atoms with Crippen molar-refractivity contribution in [1.82, 2.24) is 0 Å². The van der Waals surface area contributed by atoms with E-state index in [-0.39, 0.29) is 5.41 Å². The second kappa shape index (κ2) is 4.64. The maximum Gasteiger partial charge on any atom is 0.0918 e. The highest BCUT2D eigenvalue weighted by Gasteiger charge is 2.40. The van der Waals surface area contributed by atoms with Crippen molar-refractivity contribution in [2.24, 2.45) is 5.41 Å². The maximum absolute atomic E-state index is 10.9. The summed E-state index contributed by atoms with van der Waals surface area (Å²) in [4.78, 5) is 0. The SMILES string of the molecule is CC1=CC(O)(C(C)(C)C)CC(C)=C1c1ccccc1. The molecule has 1 N–H and O–H groups in total. The molecule has 19 heavy (non-hydrogen) atoms.